The zero-order chi connectivity index (χ0) is 15.4. The van der Waals surface area contributed by atoms with Crippen LogP contribution in [-0.4, -0.2) is 43.4 Å². The summed E-state index contributed by atoms with van der Waals surface area (Å²) in [7, 11) is -5.71. The van der Waals surface area contributed by atoms with E-state index in [-0.39, 0.29) is 16.3 Å². The number of rotatable bonds is 7. The van der Waals surface area contributed by atoms with Crippen LogP contribution in [0.15, 0.2) is 32.5 Å². The minimum Gasteiger partial charge on any atom is -0.385 e. The Balaban J connectivity index is 3.05. The normalized spacial score (nSPS) is 12.6. The van der Waals surface area contributed by atoms with Crippen molar-refractivity contribution in [2.24, 2.45) is 0 Å². The molecule has 0 aliphatic heterocycles. The van der Waals surface area contributed by atoms with Crippen LogP contribution < -0.4 is 4.72 Å². The highest BCUT2D eigenvalue weighted by Crippen LogP contribution is 2.25. The van der Waals surface area contributed by atoms with Crippen LogP contribution in [0.2, 0.25) is 0 Å². The molecule has 0 aliphatic rings. The third-order valence-electron chi connectivity index (χ3n) is 2.44. The fourth-order valence-corrected chi connectivity index (χ4v) is 4.20. The van der Waals surface area contributed by atoms with Crippen molar-refractivity contribution in [3.8, 4) is 0 Å². The van der Waals surface area contributed by atoms with Gasteiger partial charge in [0.25, 0.3) is 0 Å². The molecule has 0 radical (unpaired) electrons. The molecule has 20 heavy (non-hydrogen) atoms. The number of hydrogen-bond donors (Lipinski definition) is 1. The summed E-state index contributed by atoms with van der Waals surface area (Å²) in [4.78, 5) is -0.143. The lowest BCUT2D eigenvalue weighted by molar-refractivity contribution is 0.196. The second-order valence-corrected chi connectivity index (χ2v) is 8.71. The standard InChI is InChI=1S/C11H16BrNO5S2/c1-18-7-3-6-13-20(16,17)11-8-9(19(2,14)15)4-5-10(11)12/h4-5,8,13H,3,6-7H2,1-2H3. The van der Waals surface area contributed by atoms with Crippen molar-refractivity contribution in [1.82, 2.24) is 4.72 Å². The number of benzene rings is 1. The number of sulfonamides is 1. The van der Waals surface area contributed by atoms with Crippen LogP contribution in [0.3, 0.4) is 0 Å². The highest BCUT2D eigenvalue weighted by Gasteiger charge is 2.20. The van der Waals surface area contributed by atoms with Gasteiger partial charge in [-0.3, -0.25) is 0 Å². The molecular weight excluding hydrogens is 370 g/mol. The molecule has 1 aromatic carbocycles. The number of nitrogens with one attached hydrogen (secondary N) is 1. The average molecular weight is 386 g/mol. The summed E-state index contributed by atoms with van der Waals surface area (Å²) in [6.45, 7) is 0.652. The summed E-state index contributed by atoms with van der Waals surface area (Å²) in [5.74, 6) is 0. The molecule has 0 aromatic heterocycles. The van der Waals surface area contributed by atoms with Crippen molar-refractivity contribution in [2.75, 3.05) is 26.5 Å². The first-order chi connectivity index (χ1) is 9.18. The summed E-state index contributed by atoms with van der Waals surface area (Å²) < 4.78 is 54.7. The van der Waals surface area contributed by atoms with E-state index in [1.165, 1.54) is 19.2 Å². The molecule has 114 valence electrons. The van der Waals surface area contributed by atoms with E-state index in [0.717, 1.165) is 12.3 Å². The van der Waals surface area contributed by atoms with Crippen molar-refractivity contribution in [3.05, 3.63) is 22.7 Å². The second kappa shape index (κ2) is 6.99. The lowest BCUT2D eigenvalue weighted by atomic mass is 10.4. The van der Waals surface area contributed by atoms with Crippen molar-refractivity contribution in [1.29, 1.82) is 0 Å². The first kappa shape index (κ1) is 17.6. The van der Waals surface area contributed by atoms with Crippen LogP contribution in [0, 0.1) is 0 Å². The van der Waals surface area contributed by atoms with Gasteiger partial charge in [0.1, 0.15) is 0 Å². The van der Waals surface area contributed by atoms with Gasteiger partial charge < -0.3 is 4.74 Å². The molecule has 1 aromatic rings. The van der Waals surface area contributed by atoms with Gasteiger partial charge in [0.15, 0.2) is 9.84 Å². The van der Waals surface area contributed by atoms with Gasteiger partial charge in [-0.25, -0.2) is 21.6 Å². The SMILES string of the molecule is COCCCNS(=O)(=O)c1cc(S(C)(=O)=O)ccc1Br. The van der Waals surface area contributed by atoms with Crippen LogP contribution in [-0.2, 0) is 24.6 Å². The molecule has 6 nitrogen and oxygen atoms in total. The number of methoxy groups -OCH3 is 1. The summed E-state index contributed by atoms with van der Waals surface area (Å²) >= 11 is 3.12. The first-order valence-corrected chi connectivity index (χ1v) is 9.83. The largest absolute Gasteiger partial charge is 0.385 e. The maximum absolute atomic E-state index is 12.1. The van der Waals surface area contributed by atoms with E-state index in [0.29, 0.717) is 17.5 Å². The van der Waals surface area contributed by atoms with Gasteiger partial charge in [-0.05, 0) is 40.5 Å². The molecule has 0 spiro atoms. The zero-order valence-electron chi connectivity index (χ0n) is 11.1. The van der Waals surface area contributed by atoms with E-state index in [2.05, 4.69) is 20.7 Å². The Labute approximate surface area is 127 Å². The predicted octanol–water partition coefficient (Wildman–Crippen LogP) is 1.17. The number of ether oxygens (including phenoxy) is 1. The minimum absolute atomic E-state index is 0.0435. The molecule has 0 aliphatic carbocycles. The van der Waals surface area contributed by atoms with Gasteiger partial charge in [0, 0.05) is 31.0 Å². The molecule has 0 atom stereocenters. The smallest absolute Gasteiger partial charge is 0.241 e. The maximum Gasteiger partial charge on any atom is 0.241 e. The Kier molecular flexibility index (Phi) is 6.14. The van der Waals surface area contributed by atoms with Crippen LogP contribution in [0.1, 0.15) is 6.42 Å². The monoisotopic (exact) mass is 385 g/mol. The van der Waals surface area contributed by atoms with Crippen molar-refractivity contribution >= 4 is 35.8 Å². The molecule has 1 N–H and O–H groups in total. The van der Waals surface area contributed by atoms with E-state index in [1.54, 1.807) is 0 Å². The minimum atomic E-state index is -3.77. The Bertz CT molecular complexity index is 670. The number of halogens is 1. The van der Waals surface area contributed by atoms with E-state index in [4.69, 9.17) is 4.74 Å². The Morgan fingerprint density at radius 1 is 1.25 bits per heavy atom. The summed E-state index contributed by atoms with van der Waals surface area (Å²) in [5, 5.41) is 0. The summed E-state index contributed by atoms with van der Waals surface area (Å²) in [6.07, 6.45) is 1.55. The molecule has 0 fully saturated rings. The molecule has 0 heterocycles. The third kappa shape index (κ3) is 4.81. The highest BCUT2D eigenvalue weighted by atomic mass is 79.9. The average Bonchev–Trinajstić information content (AvgIpc) is 2.33. The van der Waals surface area contributed by atoms with Gasteiger partial charge >= 0.3 is 0 Å². The van der Waals surface area contributed by atoms with Gasteiger partial charge in [0.05, 0.1) is 9.79 Å². The van der Waals surface area contributed by atoms with Crippen LogP contribution >= 0.6 is 15.9 Å². The molecule has 0 saturated heterocycles. The van der Waals surface area contributed by atoms with E-state index in [1.807, 2.05) is 0 Å². The van der Waals surface area contributed by atoms with Gasteiger partial charge in [-0.2, -0.15) is 0 Å². The molecule has 9 heteroatoms. The fraction of sp³-hybridized carbons (Fsp3) is 0.455. The second-order valence-electron chi connectivity index (χ2n) is 4.11. The van der Waals surface area contributed by atoms with Gasteiger partial charge in [0.2, 0.25) is 10.0 Å². The highest BCUT2D eigenvalue weighted by molar-refractivity contribution is 9.10. The molecule has 0 saturated carbocycles. The maximum atomic E-state index is 12.1. The lowest BCUT2D eigenvalue weighted by Gasteiger charge is -2.09. The fourth-order valence-electron chi connectivity index (χ4n) is 1.42. The van der Waals surface area contributed by atoms with Crippen LogP contribution in [0.25, 0.3) is 0 Å². The topological polar surface area (TPSA) is 89.5 Å². The van der Waals surface area contributed by atoms with E-state index >= 15 is 0 Å². The third-order valence-corrected chi connectivity index (χ3v) is 6.00. The molecular formula is C11H16BrNO5S2. The number of hydrogen-bond acceptors (Lipinski definition) is 5. The van der Waals surface area contributed by atoms with Crippen LogP contribution in [0.5, 0.6) is 0 Å². The first-order valence-electron chi connectivity index (χ1n) is 5.66. The molecule has 0 unspecified atom stereocenters. The van der Waals surface area contributed by atoms with Gasteiger partial charge in [-0.15, -0.1) is 0 Å². The molecule has 0 bridgehead atoms. The van der Waals surface area contributed by atoms with Crippen molar-refractivity contribution < 1.29 is 21.6 Å². The van der Waals surface area contributed by atoms with Crippen LogP contribution in [0.4, 0.5) is 0 Å². The number of sulfone groups is 1. The summed E-state index contributed by atoms with van der Waals surface area (Å²) in [6, 6.07) is 3.89. The Morgan fingerprint density at radius 2 is 1.90 bits per heavy atom. The molecule has 1 rings (SSSR count). The lowest BCUT2D eigenvalue weighted by Crippen LogP contribution is -2.26. The predicted molar refractivity (Wildman–Crippen MR) is 78.9 cm³/mol. The van der Waals surface area contributed by atoms with E-state index in [9.17, 15) is 16.8 Å². The van der Waals surface area contributed by atoms with Crippen molar-refractivity contribution in [2.45, 2.75) is 16.2 Å². The Hall–Kier alpha value is -0.480. The van der Waals surface area contributed by atoms with Gasteiger partial charge in [-0.1, -0.05) is 0 Å². The quantitative estimate of drug-likeness (QED) is 0.711. The summed E-state index contributed by atoms with van der Waals surface area (Å²) in [5.41, 5.74) is 0. The van der Waals surface area contributed by atoms with E-state index < -0.39 is 19.9 Å². The molecule has 0 amide bonds. The Morgan fingerprint density at radius 3 is 2.45 bits per heavy atom. The van der Waals surface area contributed by atoms with Crippen molar-refractivity contribution in [3.63, 3.8) is 0 Å². The zero-order valence-corrected chi connectivity index (χ0v) is 14.3.